The summed E-state index contributed by atoms with van der Waals surface area (Å²) in [6, 6.07) is 16.7. The van der Waals surface area contributed by atoms with E-state index in [4.69, 9.17) is 33.3 Å². The number of carbonyl (C=O) groups is 1. The van der Waals surface area contributed by atoms with Gasteiger partial charge in [-0.3, -0.25) is 10.1 Å². The quantitative estimate of drug-likeness (QED) is 0.292. The van der Waals surface area contributed by atoms with Crippen molar-refractivity contribution in [1.29, 1.82) is 0 Å². The maximum atomic E-state index is 12.9. The molecule has 1 aromatic heterocycles. The van der Waals surface area contributed by atoms with Gasteiger partial charge in [-0.2, -0.15) is 4.80 Å². The molecule has 4 aromatic rings. The second-order valence-corrected chi connectivity index (χ2v) is 8.84. The van der Waals surface area contributed by atoms with Gasteiger partial charge in [0.25, 0.3) is 5.91 Å². The number of unbranched alkanes of at least 4 members (excludes halogenated alkanes) is 1. The number of methoxy groups -OCH3 is 2. The van der Waals surface area contributed by atoms with Gasteiger partial charge in [0.05, 0.1) is 30.6 Å². The zero-order valence-electron chi connectivity index (χ0n) is 20.2. The van der Waals surface area contributed by atoms with Gasteiger partial charge in [-0.15, -0.1) is 10.2 Å². The number of benzene rings is 3. The van der Waals surface area contributed by atoms with E-state index in [1.807, 2.05) is 12.1 Å². The third-order valence-electron chi connectivity index (χ3n) is 5.59. The Morgan fingerprint density at radius 3 is 2.28 bits per heavy atom. The number of thiocarbonyl (C=S) groups is 1. The van der Waals surface area contributed by atoms with Crippen molar-refractivity contribution < 1.29 is 14.3 Å². The summed E-state index contributed by atoms with van der Waals surface area (Å²) in [6.45, 7) is 2.18. The number of anilines is 1. The average Bonchev–Trinajstić information content (AvgIpc) is 3.29. The molecule has 186 valence electrons. The fourth-order valence-corrected chi connectivity index (χ4v) is 4.13. The van der Waals surface area contributed by atoms with Crippen molar-refractivity contribution in [3.8, 4) is 17.2 Å². The van der Waals surface area contributed by atoms with E-state index < -0.39 is 5.91 Å². The van der Waals surface area contributed by atoms with Gasteiger partial charge in [-0.25, -0.2) is 0 Å². The van der Waals surface area contributed by atoms with Gasteiger partial charge in [0.2, 0.25) is 0 Å². The molecule has 0 saturated heterocycles. The Morgan fingerprint density at radius 2 is 1.67 bits per heavy atom. The Morgan fingerprint density at radius 1 is 1.03 bits per heavy atom. The van der Waals surface area contributed by atoms with Crippen LogP contribution in [0.15, 0.2) is 54.6 Å². The van der Waals surface area contributed by atoms with E-state index in [-0.39, 0.29) is 10.7 Å². The van der Waals surface area contributed by atoms with Crippen LogP contribution in [0.5, 0.6) is 11.5 Å². The van der Waals surface area contributed by atoms with Gasteiger partial charge in [0.1, 0.15) is 28.1 Å². The second kappa shape index (κ2) is 11.4. The number of fused-ring (bicyclic) bond motifs is 1. The summed E-state index contributed by atoms with van der Waals surface area (Å²) < 4.78 is 10.6. The van der Waals surface area contributed by atoms with Crippen LogP contribution < -0.4 is 20.1 Å². The van der Waals surface area contributed by atoms with Gasteiger partial charge in [-0.1, -0.05) is 43.1 Å². The number of nitrogens with zero attached hydrogens (tertiary/aromatic N) is 3. The number of rotatable bonds is 8. The molecule has 0 aliphatic heterocycles. The van der Waals surface area contributed by atoms with Crippen LogP contribution in [-0.2, 0) is 6.42 Å². The molecule has 0 aliphatic rings. The van der Waals surface area contributed by atoms with E-state index in [0.717, 1.165) is 24.9 Å². The molecule has 0 saturated carbocycles. The zero-order chi connectivity index (χ0) is 25.7. The molecule has 0 spiro atoms. The molecule has 2 N–H and O–H groups in total. The van der Waals surface area contributed by atoms with E-state index in [2.05, 4.69) is 39.9 Å². The molecular weight excluding hydrogens is 498 g/mol. The highest BCUT2D eigenvalue weighted by atomic mass is 35.5. The largest absolute Gasteiger partial charge is 0.496 e. The Labute approximate surface area is 219 Å². The first-order valence-corrected chi connectivity index (χ1v) is 12.2. The van der Waals surface area contributed by atoms with Gasteiger partial charge in [0, 0.05) is 0 Å². The minimum Gasteiger partial charge on any atom is -0.496 e. The van der Waals surface area contributed by atoms with E-state index in [1.54, 1.807) is 35.1 Å². The Hall–Kier alpha value is -3.69. The fourth-order valence-electron chi connectivity index (χ4n) is 3.72. The van der Waals surface area contributed by atoms with Crippen LogP contribution in [0.2, 0.25) is 5.02 Å². The predicted octanol–water partition coefficient (Wildman–Crippen LogP) is 5.56. The molecule has 0 fully saturated rings. The average molecular weight is 524 g/mol. The minimum atomic E-state index is -0.479. The number of hydrogen-bond acceptors (Lipinski definition) is 6. The van der Waals surface area contributed by atoms with Gasteiger partial charge in [-0.05, 0) is 67.0 Å². The monoisotopic (exact) mass is 523 g/mol. The molecule has 0 radical (unpaired) electrons. The first-order valence-electron chi connectivity index (χ1n) is 11.4. The van der Waals surface area contributed by atoms with Crippen molar-refractivity contribution in [3.63, 3.8) is 0 Å². The predicted molar refractivity (Wildman–Crippen MR) is 146 cm³/mol. The maximum absolute atomic E-state index is 12.9. The molecule has 1 amide bonds. The van der Waals surface area contributed by atoms with Crippen LogP contribution in [0, 0.1) is 0 Å². The Balaban J connectivity index is 1.51. The number of carbonyl (C=O) groups excluding carboxylic acids is 1. The Kier molecular flexibility index (Phi) is 8.02. The lowest BCUT2D eigenvalue weighted by Gasteiger charge is -2.14. The van der Waals surface area contributed by atoms with Crippen molar-refractivity contribution in [1.82, 2.24) is 20.3 Å². The van der Waals surface area contributed by atoms with Crippen molar-refractivity contribution in [2.45, 2.75) is 26.2 Å². The number of amides is 1. The molecular formula is C26H26ClN5O3S. The van der Waals surface area contributed by atoms with E-state index in [1.165, 1.54) is 19.8 Å². The third kappa shape index (κ3) is 5.58. The van der Waals surface area contributed by atoms with E-state index in [0.29, 0.717) is 33.2 Å². The molecule has 0 unspecified atom stereocenters. The van der Waals surface area contributed by atoms with Crippen LogP contribution in [0.4, 0.5) is 5.69 Å². The second-order valence-electron chi connectivity index (χ2n) is 8.03. The van der Waals surface area contributed by atoms with Crippen LogP contribution in [-0.4, -0.2) is 40.2 Å². The maximum Gasteiger partial charge on any atom is 0.264 e. The highest BCUT2D eigenvalue weighted by Crippen LogP contribution is 2.29. The van der Waals surface area contributed by atoms with Gasteiger partial charge >= 0.3 is 0 Å². The molecule has 10 heteroatoms. The molecule has 36 heavy (non-hydrogen) atoms. The minimum absolute atomic E-state index is 0.0595. The van der Waals surface area contributed by atoms with Crippen molar-refractivity contribution in [2.75, 3.05) is 19.5 Å². The first kappa shape index (κ1) is 25.4. The molecule has 1 heterocycles. The van der Waals surface area contributed by atoms with Crippen molar-refractivity contribution >= 4 is 51.6 Å². The summed E-state index contributed by atoms with van der Waals surface area (Å²) in [5.74, 6) is 0.251. The van der Waals surface area contributed by atoms with E-state index in [9.17, 15) is 4.79 Å². The highest BCUT2D eigenvalue weighted by Gasteiger charge is 2.20. The smallest absolute Gasteiger partial charge is 0.264 e. The number of aryl methyl sites for hydroxylation is 1. The lowest BCUT2D eigenvalue weighted by atomic mass is 10.1. The molecule has 0 bridgehead atoms. The molecule has 8 nitrogen and oxygen atoms in total. The number of ether oxygens (including phenoxy) is 2. The summed E-state index contributed by atoms with van der Waals surface area (Å²) >= 11 is 11.8. The lowest BCUT2D eigenvalue weighted by Crippen LogP contribution is -2.34. The van der Waals surface area contributed by atoms with Crippen molar-refractivity contribution in [2.24, 2.45) is 0 Å². The number of halogens is 1. The molecule has 0 aliphatic carbocycles. The molecule has 3 aromatic carbocycles. The van der Waals surface area contributed by atoms with E-state index >= 15 is 0 Å². The summed E-state index contributed by atoms with van der Waals surface area (Å²) in [7, 11) is 2.95. The number of aromatic nitrogens is 3. The molecule has 4 rings (SSSR count). The number of nitrogens with one attached hydrogen (secondary N) is 2. The lowest BCUT2D eigenvalue weighted by molar-refractivity contribution is 0.0971. The first-order chi connectivity index (χ1) is 17.4. The van der Waals surface area contributed by atoms with Gasteiger partial charge < -0.3 is 14.8 Å². The normalized spacial score (nSPS) is 10.8. The van der Waals surface area contributed by atoms with Crippen LogP contribution in [0.25, 0.3) is 16.7 Å². The van der Waals surface area contributed by atoms with Crippen molar-refractivity contribution in [3.05, 3.63) is 70.7 Å². The zero-order valence-corrected chi connectivity index (χ0v) is 21.7. The van der Waals surface area contributed by atoms with Gasteiger partial charge in [0.15, 0.2) is 5.11 Å². The standard InChI is InChI=1S/C26H26ClN5O3S/c1-4-5-7-16-10-12-17(13-11-16)32-30-20-14-18(27)19(15-21(20)31-32)28-26(36)29-25(33)24-22(34-2)8-6-9-23(24)35-3/h6,8-15H,4-5,7H2,1-3H3,(H2,28,29,33,36). The third-order valence-corrected chi connectivity index (χ3v) is 6.10. The summed E-state index contributed by atoms with van der Waals surface area (Å²) in [5, 5.41) is 15.2. The van der Waals surface area contributed by atoms with Crippen LogP contribution >= 0.6 is 23.8 Å². The summed E-state index contributed by atoms with van der Waals surface area (Å²) in [4.78, 5) is 14.5. The Bertz CT molecular complexity index is 1380. The summed E-state index contributed by atoms with van der Waals surface area (Å²) in [5.41, 5.74) is 4.12. The number of hydrogen-bond donors (Lipinski definition) is 2. The van der Waals surface area contributed by atoms with Crippen LogP contribution in [0.3, 0.4) is 0 Å². The molecule has 0 atom stereocenters. The van der Waals surface area contributed by atoms with Crippen LogP contribution in [0.1, 0.15) is 35.7 Å². The summed E-state index contributed by atoms with van der Waals surface area (Å²) in [6.07, 6.45) is 3.37. The topological polar surface area (TPSA) is 90.3 Å². The highest BCUT2D eigenvalue weighted by molar-refractivity contribution is 7.80. The fraction of sp³-hybridized carbons (Fsp3) is 0.231. The SMILES string of the molecule is CCCCc1ccc(-n2nc3cc(Cl)c(NC(=S)NC(=O)c4c(OC)cccc4OC)cc3n2)cc1.